The van der Waals surface area contributed by atoms with Gasteiger partial charge in [-0.05, 0) is 25.1 Å². The molecule has 0 amide bonds. The zero-order valence-electron chi connectivity index (χ0n) is 10.1. The third-order valence-electron chi connectivity index (χ3n) is 2.67. The van der Waals surface area contributed by atoms with E-state index in [1.165, 1.54) is 12.1 Å². The molecule has 2 aromatic rings. The molecule has 1 heterocycles. The van der Waals surface area contributed by atoms with Crippen molar-refractivity contribution in [1.82, 2.24) is 9.97 Å². The number of aromatic amines is 1. The highest BCUT2D eigenvalue weighted by atomic mass is 19.4. The van der Waals surface area contributed by atoms with Crippen LogP contribution >= 0.6 is 0 Å². The topological polar surface area (TPSA) is 66.7 Å². The van der Waals surface area contributed by atoms with Crippen molar-refractivity contribution in [1.29, 1.82) is 0 Å². The van der Waals surface area contributed by atoms with Crippen LogP contribution in [0.3, 0.4) is 0 Å². The summed E-state index contributed by atoms with van der Waals surface area (Å²) >= 11 is 0. The Morgan fingerprint density at radius 2 is 2.11 bits per heavy atom. The number of hydrogen-bond acceptors (Lipinski definition) is 3. The Balaban J connectivity index is 2.22. The average Bonchev–Trinajstić information content (AvgIpc) is 2.83. The maximum atomic E-state index is 12.7. The smallest absolute Gasteiger partial charge is 0.398 e. The summed E-state index contributed by atoms with van der Waals surface area (Å²) in [5.41, 5.74) is 4.54. The SMILES string of the molecule is CC(Nc1ccc(N)c(C(F)(F)F)c1)c1ncc[nH]1. The van der Waals surface area contributed by atoms with Crippen molar-refractivity contribution in [2.24, 2.45) is 0 Å². The molecule has 1 aromatic heterocycles. The van der Waals surface area contributed by atoms with Crippen LogP contribution in [0.15, 0.2) is 30.6 Å². The first-order valence-electron chi connectivity index (χ1n) is 5.60. The predicted octanol–water partition coefficient (Wildman–Crippen LogP) is 3.18. The van der Waals surface area contributed by atoms with Crippen molar-refractivity contribution < 1.29 is 13.2 Å². The van der Waals surface area contributed by atoms with Gasteiger partial charge in [-0.15, -0.1) is 0 Å². The van der Waals surface area contributed by atoms with Gasteiger partial charge in [-0.3, -0.25) is 0 Å². The Morgan fingerprint density at radius 3 is 2.68 bits per heavy atom. The van der Waals surface area contributed by atoms with Gasteiger partial charge in [-0.25, -0.2) is 4.98 Å². The Bertz CT molecular complexity index is 549. The van der Waals surface area contributed by atoms with Gasteiger partial charge in [-0.1, -0.05) is 0 Å². The number of anilines is 2. The van der Waals surface area contributed by atoms with Crippen LogP contribution in [0.25, 0.3) is 0 Å². The van der Waals surface area contributed by atoms with E-state index < -0.39 is 11.7 Å². The largest absolute Gasteiger partial charge is 0.418 e. The van der Waals surface area contributed by atoms with Gasteiger partial charge >= 0.3 is 6.18 Å². The molecule has 1 atom stereocenters. The summed E-state index contributed by atoms with van der Waals surface area (Å²) in [6, 6.07) is 3.50. The van der Waals surface area contributed by atoms with E-state index in [0.717, 1.165) is 6.07 Å². The Labute approximate surface area is 107 Å². The zero-order chi connectivity index (χ0) is 14.0. The van der Waals surface area contributed by atoms with Crippen LogP contribution < -0.4 is 11.1 Å². The normalized spacial score (nSPS) is 13.3. The van der Waals surface area contributed by atoms with Gasteiger partial charge in [0.25, 0.3) is 0 Å². The molecule has 0 saturated carbocycles. The van der Waals surface area contributed by atoms with Gasteiger partial charge in [0.2, 0.25) is 0 Å². The molecule has 102 valence electrons. The number of H-pyrrole nitrogens is 1. The van der Waals surface area contributed by atoms with Crippen LogP contribution in [-0.4, -0.2) is 9.97 Å². The fraction of sp³-hybridized carbons (Fsp3) is 0.250. The molecule has 2 rings (SSSR count). The summed E-state index contributed by atoms with van der Waals surface area (Å²) in [6.07, 6.45) is -1.23. The molecule has 0 aliphatic rings. The first-order valence-corrected chi connectivity index (χ1v) is 5.60. The molecule has 1 aromatic carbocycles. The van der Waals surface area contributed by atoms with Gasteiger partial charge < -0.3 is 16.0 Å². The van der Waals surface area contributed by atoms with E-state index >= 15 is 0 Å². The molecule has 0 fully saturated rings. The molecule has 0 bridgehead atoms. The van der Waals surface area contributed by atoms with Crippen molar-refractivity contribution in [3.8, 4) is 0 Å². The molecule has 1 unspecified atom stereocenters. The van der Waals surface area contributed by atoms with Crippen LogP contribution in [0.1, 0.15) is 24.4 Å². The van der Waals surface area contributed by atoms with E-state index in [-0.39, 0.29) is 11.7 Å². The summed E-state index contributed by atoms with van der Waals surface area (Å²) < 4.78 is 38.1. The number of nitrogens with zero attached hydrogens (tertiary/aromatic N) is 1. The van der Waals surface area contributed by atoms with E-state index in [0.29, 0.717) is 11.5 Å². The summed E-state index contributed by atoms with van der Waals surface area (Å²) in [7, 11) is 0. The highest BCUT2D eigenvalue weighted by molar-refractivity contribution is 5.58. The molecule has 7 heteroatoms. The summed E-state index contributed by atoms with van der Waals surface area (Å²) in [5.74, 6) is 0.644. The molecule has 0 saturated heterocycles. The zero-order valence-corrected chi connectivity index (χ0v) is 10.1. The fourth-order valence-electron chi connectivity index (χ4n) is 1.72. The fourth-order valence-corrected chi connectivity index (χ4v) is 1.72. The standard InChI is InChI=1S/C12H13F3N4/c1-7(11-17-4-5-18-11)19-8-2-3-10(16)9(6-8)12(13,14)15/h2-7,19H,16H2,1H3,(H,17,18). The maximum absolute atomic E-state index is 12.7. The number of nitrogens with two attached hydrogens (primary N) is 1. The van der Waals surface area contributed by atoms with Crippen LogP contribution in [0.2, 0.25) is 0 Å². The van der Waals surface area contributed by atoms with Crippen molar-refractivity contribution in [3.05, 3.63) is 42.0 Å². The third kappa shape index (κ3) is 2.98. The minimum atomic E-state index is -4.46. The van der Waals surface area contributed by atoms with E-state index in [4.69, 9.17) is 5.73 Å². The molecule has 4 nitrogen and oxygen atoms in total. The molecule has 0 aliphatic carbocycles. The number of halogens is 3. The lowest BCUT2D eigenvalue weighted by molar-refractivity contribution is -0.136. The lowest BCUT2D eigenvalue weighted by Gasteiger charge is -2.16. The van der Waals surface area contributed by atoms with Crippen molar-refractivity contribution >= 4 is 11.4 Å². The molecule has 0 radical (unpaired) electrons. The highest BCUT2D eigenvalue weighted by Crippen LogP contribution is 2.35. The number of hydrogen-bond donors (Lipinski definition) is 3. The van der Waals surface area contributed by atoms with Crippen LogP contribution in [0, 0.1) is 0 Å². The molecule has 4 N–H and O–H groups in total. The van der Waals surface area contributed by atoms with Crippen molar-refractivity contribution in [2.45, 2.75) is 19.1 Å². The molecular formula is C12H13F3N4. The Kier molecular flexibility index (Phi) is 3.37. The summed E-state index contributed by atoms with van der Waals surface area (Å²) in [4.78, 5) is 6.93. The Hall–Kier alpha value is -2.18. The molecule has 0 spiro atoms. The predicted molar refractivity (Wildman–Crippen MR) is 66.5 cm³/mol. The van der Waals surface area contributed by atoms with Gasteiger partial charge in [0, 0.05) is 23.8 Å². The van der Waals surface area contributed by atoms with Crippen molar-refractivity contribution in [3.63, 3.8) is 0 Å². The first-order chi connectivity index (χ1) is 8.88. The number of nitrogens with one attached hydrogen (secondary N) is 2. The van der Waals surface area contributed by atoms with Gasteiger partial charge in [0.05, 0.1) is 11.6 Å². The van der Waals surface area contributed by atoms with E-state index in [1.807, 2.05) is 0 Å². The summed E-state index contributed by atoms with van der Waals surface area (Å²) in [5, 5.41) is 2.93. The number of alkyl halides is 3. The van der Waals surface area contributed by atoms with Crippen LogP contribution in [0.4, 0.5) is 24.5 Å². The quantitative estimate of drug-likeness (QED) is 0.750. The van der Waals surface area contributed by atoms with Crippen molar-refractivity contribution in [2.75, 3.05) is 11.1 Å². The minimum Gasteiger partial charge on any atom is -0.398 e. The van der Waals surface area contributed by atoms with E-state index in [9.17, 15) is 13.2 Å². The van der Waals surface area contributed by atoms with Gasteiger partial charge in [0.1, 0.15) is 5.82 Å². The second-order valence-corrected chi connectivity index (χ2v) is 4.14. The lowest BCUT2D eigenvalue weighted by atomic mass is 10.1. The van der Waals surface area contributed by atoms with Gasteiger partial charge in [0.15, 0.2) is 0 Å². The second-order valence-electron chi connectivity index (χ2n) is 4.14. The first kappa shape index (κ1) is 13.3. The van der Waals surface area contributed by atoms with Crippen LogP contribution in [-0.2, 0) is 6.18 Å². The molecular weight excluding hydrogens is 257 g/mol. The highest BCUT2D eigenvalue weighted by Gasteiger charge is 2.33. The minimum absolute atomic E-state index is 0.236. The van der Waals surface area contributed by atoms with Crippen LogP contribution in [0.5, 0.6) is 0 Å². The summed E-state index contributed by atoms with van der Waals surface area (Å²) in [6.45, 7) is 1.79. The maximum Gasteiger partial charge on any atom is 0.418 e. The average molecular weight is 270 g/mol. The lowest BCUT2D eigenvalue weighted by Crippen LogP contribution is -2.12. The second kappa shape index (κ2) is 4.83. The number of aromatic nitrogens is 2. The monoisotopic (exact) mass is 270 g/mol. The number of benzene rings is 1. The number of imidazole rings is 1. The van der Waals surface area contributed by atoms with E-state index in [2.05, 4.69) is 15.3 Å². The Morgan fingerprint density at radius 1 is 1.37 bits per heavy atom. The third-order valence-corrected chi connectivity index (χ3v) is 2.67. The van der Waals surface area contributed by atoms with Gasteiger partial charge in [-0.2, -0.15) is 13.2 Å². The van der Waals surface area contributed by atoms with E-state index in [1.54, 1.807) is 19.3 Å². The molecule has 19 heavy (non-hydrogen) atoms. The molecule has 0 aliphatic heterocycles. The number of nitrogen functional groups attached to an aromatic ring is 1. The number of rotatable bonds is 3.